The number of benzene rings is 2. The molecule has 2 aromatic carbocycles. The predicted molar refractivity (Wildman–Crippen MR) is 76.0 cm³/mol. The van der Waals surface area contributed by atoms with Crippen LogP contribution in [0.25, 0.3) is 16.7 Å². The number of hydrogen-bond donors (Lipinski definition) is 1. The zero-order chi connectivity index (χ0) is 15.3. The van der Waals surface area contributed by atoms with E-state index < -0.39 is 29.0 Å². The van der Waals surface area contributed by atoms with Crippen LogP contribution in [0.3, 0.4) is 0 Å². The summed E-state index contributed by atoms with van der Waals surface area (Å²) in [6.45, 7) is 0. The van der Waals surface area contributed by atoms with E-state index in [1.165, 1.54) is 6.07 Å². The van der Waals surface area contributed by atoms with Crippen LogP contribution in [0.2, 0.25) is 0 Å². The lowest BCUT2D eigenvalue weighted by Crippen LogP contribution is -2.06. The first kappa shape index (κ1) is 14.3. The van der Waals surface area contributed by atoms with E-state index >= 15 is 0 Å². The Kier molecular flexibility index (Phi) is 3.37. The standard InChI is InChI=1S/C13H5BrF4N2S/c14-5-1-2-9-8(3-5)19-13(21)20(9)12-10(17)6(15)4-7(16)11(12)18/h1-4H,(H,19,21). The summed E-state index contributed by atoms with van der Waals surface area (Å²) >= 11 is 8.24. The van der Waals surface area contributed by atoms with Gasteiger partial charge in [-0.2, -0.15) is 0 Å². The highest BCUT2D eigenvalue weighted by atomic mass is 79.9. The van der Waals surface area contributed by atoms with E-state index in [2.05, 4.69) is 20.9 Å². The number of aromatic amines is 1. The van der Waals surface area contributed by atoms with Gasteiger partial charge in [-0.1, -0.05) is 15.9 Å². The number of rotatable bonds is 1. The highest BCUT2D eigenvalue weighted by Crippen LogP contribution is 2.28. The van der Waals surface area contributed by atoms with Crippen LogP contribution in [0.4, 0.5) is 17.6 Å². The van der Waals surface area contributed by atoms with E-state index in [1.807, 2.05) is 0 Å². The lowest BCUT2D eigenvalue weighted by Gasteiger charge is -2.09. The lowest BCUT2D eigenvalue weighted by atomic mass is 10.2. The molecule has 0 aliphatic heterocycles. The van der Waals surface area contributed by atoms with Gasteiger partial charge in [0.2, 0.25) is 0 Å². The molecule has 0 fully saturated rings. The molecule has 0 atom stereocenters. The molecule has 3 rings (SSSR count). The normalized spacial score (nSPS) is 11.3. The molecule has 108 valence electrons. The van der Waals surface area contributed by atoms with Gasteiger partial charge in [0.25, 0.3) is 0 Å². The SMILES string of the molecule is Fc1cc(F)c(F)c(-n2c(=S)[nH]c3cc(Br)ccc32)c1F. The lowest BCUT2D eigenvalue weighted by molar-refractivity contribution is 0.448. The fourth-order valence-electron chi connectivity index (χ4n) is 2.06. The summed E-state index contributed by atoms with van der Waals surface area (Å²) in [4.78, 5) is 2.73. The Balaban J connectivity index is 2.47. The minimum absolute atomic E-state index is 0.0779. The molecule has 21 heavy (non-hydrogen) atoms. The van der Waals surface area contributed by atoms with Crippen molar-refractivity contribution in [2.45, 2.75) is 0 Å². The van der Waals surface area contributed by atoms with Gasteiger partial charge in [-0.05, 0) is 30.4 Å². The monoisotopic (exact) mass is 376 g/mol. The maximum Gasteiger partial charge on any atom is 0.186 e. The van der Waals surface area contributed by atoms with Gasteiger partial charge in [0.05, 0.1) is 11.0 Å². The number of aromatic nitrogens is 2. The highest BCUT2D eigenvalue weighted by Gasteiger charge is 2.22. The molecule has 0 amide bonds. The topological polar surface area (TPSA) is 20.7 Å². The first-order chi connectivity index (χ1) is 9.90. The van der Waals surface area contributed by atoms with Gasteiger partial charge in [0, 0.05) is 10.5 Å². The van der Waals surface area contributed by atoms with Crippen LogP contribution >= 0.6 is 28.1 Å². The van der Waals surface area contributed by atoms with Gasteiger partial charge in [-0.15, -0.1) is 0 Å². The third-order valence-corrected chi connectivity index (χ3v) is 3.73. The first-order valence-corrected chi connectivity index (χ1v) is 6.84. The molecular formula is C13H5BrF4N2S. The molecule has 1 N–H and O–H groups in total. The molecule has 3 aromatic rings. The summed E-state index contributed by atoms with van der Waals surface area (Å²) in [5, 5.41) is 0. The Hall–Kier alpha value is -1.67. The minimum Gasteiger partial charge on any atom is -0.330 e. The van der Waals surface area contributed by atoms with Crippen molar-refractivity contribution in [3.05, 3.63) is 56.8 Å². The van der Waals surface area contributed by atoms with Gasteiger partial charge in [0.1, 0.15) is 5.69 Å². The zero-order valence-corrected chi connectivity index (χ0v) is 12.5. The number of hydrogen-bond acceptors (Lipinski definition) is 1. The van der Waals surface area contributed by atoms with Crippen LogP contribution in [0.5, 0.6) is 0 Å². The number of nitrogens with zero attached hydrogens (tertiary/aromatic N) is 1. The molecule has 2 nitrogen and oxygen atoms in total. The van der Waals surface area contributed by atoms with Crippen molar-refractivity contribution in [2.75, 3.05) is 0 Å². The number of imidazole rings is 1. The molecule has 0 saturated heterocycles. The zero-order valence-electron chi connectivity index (χ0n) is 10.1. The fraction of sp³-hybridized carbons (Fsp3) is 0. The van der Waals surface area contributed by atoms with Crippen molar-refractivity contribution in [1.82, 2.24) is 9.55 Å². The van der Waals surface area contributed by atoms with E-state index in [9.17, 15) is 17.6 Å². The fourth-order valence-corrected chi connectivity index (χ4v) is 2.72. The molecule has 0 aliphatic rings. The van der Waals surface area contributed by atoms with Crippen molar-refractivity contribution >= 4 is 39.2 Å². The maximum atomic E-state index is 13.9. The maximum absolute atomic E-state index is 13.9. The van der Waals surface area contributed by atoms with Crippen molar-refractivity contribution in [2.24, 2.45) is 0 Å². The largest absolute Gasteiger partial charge is 0.330 e. The third kappa shape index (κ3) is 2.18. The Labute approximate surface area is 129 Å². The van der Waals surface area contributed by atoms with E-state index in [0.29, 0.717) is 15.5 Å². The summed E-state index contributed by atoms with van der Waals surface area (Å²) in [6.07, 6.45) is 0. The molecule has 0 spiro atoms. The molecule has 0 radical (unpaired) electrons. The minimum atomic E-state index is -1.51. The smallest absolute Gasteiger partial charge is 0.186 e. The van der Waals surface area contributed by atoms with E-state index in [1.54, 1.807) is 12.1 Å². The quantitative estimate of drug-likeness (QED) is 0.359. The van der Waals surface area contributed by atoms with Crippen LogP contribution < -0.4 is 0 Å². The summed E-state index contributed by atoms with van der Waals surface area (Å²) < 4.78 is 56.1. The highest BCUT2D eigenvalue weighted by molar-refractivity contribution is 9.10. The summed E-state index contributed by atoms with van der Waals surface area (Å²) in [7, 11) is 0. The van der Waals surface area contributed by atoms with Crippen molar-refractivity contribution in [3.63, 3.8) is 0 Å². The molecule has 1 aromatic heterocycles. The van der Waals surface area contributed by atoms with Crippen LogP contribution in [-0.4, -0.2) is 9.55 Å². The molecule has 1 heterocycles. The van der Waals surface area contributed by atoms with Crippen LogP contribution in [-0.2, 0) is 0 Å². The molecule has 0 unspecified atom stereocenters. The molecule has 0 bridgehead atoms. The Morgan fingerprint density at radius 3 is 2.24 bits per heavy atom. The van der Waals surface area contributed by atoms with Gasteiger partial charge >= 0.3 is 0 Å². The average Bonchev–Trinajstić information content (AvgIpc) is 2.73. The van der Waals surface area contributed by atoms with E-state index in [0.717, 1.165) is 4.57 Å². The molecule has 0 aliphatic carbocycles. The van der Waals surface area contributed by atoms with Gasteiger partial charge in [0.15, 0.2) is 28.0 Å². The second-order valence-electron chi connectivity index (χ2n) is 4.24. The van der Waals surface area contributed by atoms with Crippen molar-refractivity contribution < 1.29 is 17.6 Å². The summed E-state index contributed by atoms with van der Waals surface area (Å²) in [5.41, 5.74) is -0.116. The molecular weight excluding hydrogens is 372 g/mol. The van der Waals surface area contributed by atoms with E-state index in [4.69, 9.17) is 12.2 Å². The molecule has 8 heteroatoms. The average molecular weight is 377 g/mol. The van der Waals surface area contributed by atoms with Gasteiger partial charge < -0.3 is 4.98 Å². The second-order valence-corrected chi connectivity index (χ2v) is 5.55. The van der Waals surface area contributed by atoms with Gasteiger partial charge in [-0.25, -0.2) is 17.6 Å². The number of nitrogens with one attached hydrogen (secondary N) is 1. The molecule has 0 saturated carbocycles. The first-order valence-electron chi connectivity index (χ1n) is 5.64. The Bertz CT molecular complexity index is 906. The number of halogens is 5. The van der Waals surface area contributed by atoms with Crippen molar-refractivity contribution in [3.8, 4) is 5.69 Å². The van der Waals surface area contributed by atoms with Crippen LogP contribution in [0.1, 0.15) is 0 Å². The third-order valence-electron chi connectivity index (χ3n) is 2.96. The van der Waals surface area contributed by atoms with Crippen molar-refractivity contribution in [1.29, 1.82) is 0 Å². The second kappa shape index (κ2) is 4.96. The van der Waals surface area contributed by atoms with E-state index in [-0.39, 0.29) is 10.8 Å². The van der Waals surface area contributed by atoms with Crippen LogP contribution in [0.15, 0.2) is 28.7 Å². The van der Waals surface area contributed by atoms with Crippen LogP contribution in [0, 0.1) is 28.0 Å². The van der Waals surface area contributed by atoms with Gasteiger partial charge in [-0.3, -0.25) is 4.57 Å². The number of fused-ring (bicyclic) bond motifs is 1. The Morgan fingerprint density at radius 1 is 1.00 bits per heavy atom. The summed E-state index contributed by atoms with van der Waals surface area (Å²) in [5.74, 6) is -5.99. The number of H-pyrrole nitrogens is 1. The Morgan fingerprint density at radius 2 is 1.62 bits per heavy atom. The predicted octanol–water partition coefficient (Wildman–Crippen LogP) is 5.01. The summed E-state index contributed by atoms with van der Waals surface area (Å²) in [6, 6.07) is 4.93.